The third kappa shape index (κ3) is 7.40. The van der Waals surface area contributed by atoms with Crippen molar-refractivity contribution >= 4 is 11.9 Å². The summed E-state index contributed by atoms with van der Waals surface area (Å²) in [5, 5.41) is 9.32. The molecular weight excluding hydrogens is 340 g/mol. The summed E-state index contributed by atoms with van der Waals surface area (Å²) in [6, 6.07) is 17.8. The highest BCUT2D eigenvalue weighted by molar-refractivity contribution is 5.81. The summed E-state index contributed by atoms with van der Waals surface area (Å²) in [7, 11) is 1.71. The van der Waals surface area contributed by atoms with Crippen LogP contribution in [0.1, 0.15) is 24.5 Å². The Kier molecular flexibility index (Phi) is 8.69. The number of benzene rings is 2. The summed E-state index contributed by atoms with van der Waals surface area (Å²) in [4.78, 5) is 16.1. The van der Waals surface area contributed by atoms with Gasteiger partial charge in [-0.3, -0.25) is 9.79 Å². The van der Waals surface area contributed by atoms with Gasteiger partial charge in [0.25, 0.3) is 0 Å². The van der Waals surface area contributed by atoms with E-state index in [1.54, 1.807) is 7.05 Å². The topological polar surface area (TPSA) is 74.8 Å². The van der Waals surface area contributed by atoms with Gasteiger partial charge in [-0.25, -0.2) is 0 Å². The van der Waals surface area contributed by atoms with Gasteiger partial charge in [-0.1, -0.05) is 48.5 Å². The first-order chi connectivity index (χ1) is 13.2. The lowest BCUT2D eigenvalue weighted by molar-refractivity contribution is -0.121. The zero-order valence-electron chi connectivity index (χ0n) is 16.0. The fourth-order valence-electron chi connectivity index (χ4n) is 2.53. The van der Waals surface area contributed by atoms with Crippen molar-refractivity contribution in [1.29, 1.82) is 0 Å². The van der Waals surface area contributed by atoms with E-state index in [4.69, 9.17) is 4.74 Å². The molecule has 0 fully saturated rings. The molecule has 0 aliphatic carbocycles. The van der Waals surface area contributed by atoms with Gasteiger partial charge < -0.3 is 20.7 Å². The van der Waals surface area contributed by atoms with E-state index in [-0.39, 0.29) is 5.91 Å². The van der Waals surface area contributed by atoms with Crippen molar-refractivity contribution in [2.45, 2.75) is 26.4 Å². The number of nitrogens with one attached hydrogen (secondary N) is 3. The van der Waals surface area contributed by atoms with Gasteiger partial charge in [0.2, 0.25) is 5.91 Å². The molecule has 2 aromatic carbocycles. The van der Waals surface area contributed by atoms with E-state index in [0.29, 0.717) is 38.6 Å². The molecule has 0 aliphatic rings. The van der Waals surface area contributed by atoms with E-state index in [9.17, 15) is 4.79 Å². The number of carbonyl (C=O) groups excluding carboxylic acids is 1. The minimum Gasteiger partial charge on any atom is -0.494 e. The molecule has 0 spiro atoms. The number of amides is 1. The number of para-hydroxylation sites is 1. The highest BCUT2D eigenvalue weighted by atomic mass is 16.5. The van der Waals surface area contributed by atoms with Gasteiger partial charge >= 0.3 is 0 Å². The Morgan fingerprint density at radius 2 is 1.70 bits per heavy atom. The second kappa shape index (κ2) is 11.6. The number of ether oxygens (including phenoxy) is 1. The quantitative estimate of drug-likeness (QED) is 0.469. The lowest BCUT2D eigenvalue weighted by Gasteiger charge is -2.14. The summed E-state index contributed by atoms with van der Waals surface area (Å²) in [5.74, 6) is 1.52. The fraction of sp³-hybridized carbons (Fsp3) is 0.333. The number of rotatable bonds is 9. The number of aliphatic imine (C=N–C) groups is 1. The van der Waals surface area contributed by atoms with E-state index in [2.05, 4.69) is 20.9 Å². The lowest BCUT2D eigenvalue weighted by Crippen LogP contribution is -2.39. The van der Waals surface area contributed by atoms with Crippen LogP contribution in [0.4, 0.5) is 0 Å². The van der Waals surface area contributed by atoms with Gasteiger partial charge in [0.05, 0.1) is 6.61 Å². The first-order valence-corrected chi connectivity index (χ1v) is 9.18. The number of guanidine groups is 1. The fourth-order valence-corrected chi connectivity index (χ4v) is 2.53. The van der Waals surface area contributed by atoms with Gasteiger partial charge in [-0.15, -0.1) is 0 Å². The van der Waals surface area contributed by atoms with E-state index in [1.807, 2.05) is 61.5 Å². The molecule has 3 N–H and O–H groups in total. The SMILES string of the molecule is CCOc1ccccc1CNC(=NC)NCCC(=O)NCc1ccccc1. The highest BCUT2D eigenvalue weighted by Crippen LogP contribution is 2.17. The van der Waals surface area contributed by atoms with E-state index >= 15 is 0 Å². The van der Waals surface area contributed by atoms with E-state index < -0.39 is 0 Å². The van der Waals surface area contributed by atoms with Crippen molar-refractivity contribution in [3.8, 4) is 5.75 Å². The van der Waals surface area contributed by atoms with E-state index in [0.717, 1.165) is 16.9 Å². The Morgan fingerprint density at radius 3 is 2.44 bits per heavy atom. The predicted octanol–water partition coefficient (Wildman–Crippen LogP) is 2.46. The van der Waals surface area contributed by atoms with Gasteiger partial charge in [0.1, 0.15) is 5.75 Å². The normalized spacial score (nSPS) is 11.0. The van der Waals surface area contributed by atoms with Crippen LogP contribution >= 0.6 is 0 Å². The predicted molar refractivity (Wildman–Crippen MR) is 109 cm³/mol. The molecule has 6 heteroatoms. The van der Waals surface area contributed by atoms with Crippen LogP contribution in [0, 0.1) is 0 Å². The van der Waals surface area contributed by atoms with Crippen LogP contribution in [-0.2, 0) is 17.9 Å². The van der Waals surface area contributed by atoms with Gasteiger partial charge in [-0.05, 0) is 18.6 Å². The molecule has 0 saturated carbocycles. The summed E-state index contributed by atoms with van der Waals surface area (Å²) in [6.45, 7) is 4.24. The van der Waals surface area contributed by atoms with Crippen LogP contribution in [0.5, 0.6) is 5.75 Å². The molecule has 0 heterocycles. The van der Waals surface area contributed by atoms with Crippen molar-refractivity contribution in [2.75, 3.05) is 20.2 Å². The number of hydrogen-bond acceptors (Lipinski definition) is 3. The second-order valence-electron chi connectivity index (χ2n) is 5.91. The Morgan fingerprint density at radius 1 is 0.963 bits per heavy atom. The highest BCUT2D eigenvalue weighted by Gasteiger charge is 2.05. The Bertz CT molecular complexity index is 732. The van der Waals surface area contributed by atoms with Crippen LogP contribution in [0.3, 0.4) is 0 Å². The molecule has 2 aromatic rings. The van der Waals surface area contributed by atoms with Gasteiger partial charge in [0.15, 0.2) is 5.96 Å². The molecule has 0 saturated heterocycles. The number of carbonyl (C=O) groups is 1. The Balaban J connectivity index is 1.70. The van der Waals surface area contributed by atoms with Gasteiger partial charge in [0, 0.05) is 38.7 Å². The molecule has 27 heavy (non-hydrogen) atoms. The van der Waals surface area contributed by atoms with Crippen LogP contribution in [0.15, 0.2) is 59.6 Å². The molecule has 0 radical (unpaired) electrons. The minimum absolute atomic E-state index is 0.00324. The largest absolute Gasteiger partial charge is 0.494 e. The van der Waals surface area contributed by atoms with Gasteiger partial charge in [-0.2, -0.15) is 0 Å². The molecule has 0 unspecified atom stereocenters. The maximum atomic E-state index is 12.0. The molecule has 0 bridgehead atoms. The molecule has 0 aliphatic heterocycles. The zero-order valence-corrected chi connectivity index (χ0v) is 16.0. The van der Waals surface area contributed by atoms with Crippen molar-refractivity contribution in [3.05, 3.63) is 65.7 Å². The first kappa shape index (κ1) is 20.3. The summed E-state index contributed by atoms with van der Waals surface area (Å²) in [6.07, 6.45) is 0.378. The summed E-state index contributed by atoms with van der Waals surface area (Å²) < 4.78 is 5.63. The zero-order chi connectivity index (χ0) is 19.3. The Labute approximate surface area is 161 Å². The van der Waals surface area contributed by atoms with Crippen LogP contribution in [0.2, 0.25) is 0 Å². The van der Waals surface area contributed by atoms with Crippen LogP contribution < -0.4 is 20.7 Å². The molecule has 1 amide bonds. The minimum atomic E-state index is 0.00324. The van der Waals surface area contributed by atoms with Crippen molar-refractivity contribution in [2.24, 2.45) is 4.99 Å². The molecule has 6 nitrogen and oxygen atoms in total. The van der Waals surface area contributed by atoms with Crippen molar-refractivity contribution < 1.29 is 9.53 Å². The molecule has 0 atom stereocenters. The number of nitrogens with zero attached hydrogens (tertiary/aromatic N) is 1. The maximum Gasteiger partial charge on any atom is 0.222 e. The summed E-state index contributed by atoms with van der Waals surface area (Å²) >= 11 is 0. The third-order valence-corrected chi connectivity index (χ3v) is 3.92. The van der Waals surface area contributed by atoms with Crippen LogP contribution in [-0.4, -0.2) is 32.1 Å². The maximum absolute atomic E-state index is 12.0. The molecule has 144 valence electrons. The Hall–Kier alpha value is -3.02. The van der Waals surface area contributed by atoms with E-state index in [1.165, 1.54) is 0 Å². The standard InChI is InChI=1S/C21H28N4O2/c1-3-27-19-12-8-7-11-18(19)16-25-21(22-2)23-14-13-20(26)24-15-17-9-5-4-6-10-17/h4-12H,3,13-16H2,1-2H3,(H,24,26)(H2,22,23,25). The smallest absolute Gasteiger partial charge is 0.222 e. The number of hydrogen-bond donors (Lipinski definition) is 3. The average molecular weight is 368 g/mol. The third-order valence-electron chi connectivity index (χ3n) is 3.92. The molecule has 2 rings (SSSR count). The monoisotopic (exact) mass is 368 g/mol. The summed E-state index contributed by atoms with van der Waals surface area (Å²) in [5.41, 5.74) is 2.15. The molecule has 0 aromatic heterocycles. The average Bonchev–Trinajstić information content (AvgIpc) is 2.71. The van der Waals surface area contributed by atoms with Crippen molar-refractivity contribution in [3.63, 3.8) is 0 Å². The first-order valence-electron chi connectivity index (χ1n) is 9.18. The van der Waals surface area contributed by atoms with Crippen LogP contribution in [0.25, 0.3) is 0 Å². The lowest BCUT2D eigenvalue weighted by atomic mass is 10.2. The van der Waals surface area contributed by atoms with Crippen molar-refractivity contribution in [1.82, 2.24) is 16.0 Å². The molecular formula is C21H28N4O2. The second-order valence-corrected chi connectivity index (χ2v) is 5.91.